The number of aliphatic imine (C=N–C) groups is 1. The van der Waals surface area contributed by atoms with Crippen LogP contribution in [0.4, 0.5) is 10.1 Å². The number of anilines is 1. The highest BCUT2D eigenvalue weighted by Crippen LogP contribution is 2.22. The summed E-state index contributed by atoms with van der Waals surface area (Å²) in [6.07, 6.45) is 0.851. The summed E-state index contributed by atoms with van der Waals surface area (Å²) in [5, 5.41) is 9.76. The topological polar surface area (TPSA) is 55.8 Å². The Bertz CT molecular complexity index is 835. The molecular weight excluding hydrogens is 526 g/mol. The fourth-order valence-corrected chi connectivity index (χ4v) is 4.20. The second kappa shape index (κ2) is 13.2. The third-order valence-electron chi connectivity index (χ3n) is 5.28. The standard InChI is InChI=1S/C22H33FN6S.HI/c1-4-24-22(25-9-8-19-16-30-17(3)27-19)26-15-18-6-7-21(20(23)14-18)29-12-10-28(5-2)11-13-29;/h6-7,14,16H,4-5,8-13,15H2,1-3H3,(H2,24,25,26);1H. The van der Waals surface area contributed by atoms with Crippen molar-refractivity contribution in [3.8, 4) is 0 Å². The highest BCUT2D eigenvalue weighted by Gasteiger charge is 2.18. The number of rotatable bonds is 8. The number of aryl methyl sites for hydroxylation is 1. The number of thiazole rings is 1. The predicted octanol–water partition coefficient (Wildman–Crippen LogP) is 3.65. The molecule has 0 spiro atoms. The molecule has 0 radical (unpaired) electrons. The lowest BCUT2D eigenvalue weighted by molar-refractivity contribution is 0.270. The van der Waals surface area contributed by atoms with E-state index in [1.165, 1.54) is 0 Å². The summed E-state index contributed by atoms with van der Waals surface area (Å²) in [4.78, 5) is 13.6. The third kappa shape index (κ3) is 7.87. The van der Waals surface area contributed by atoms with E-state index in [0.29, 0.717) is 12.2 Å². The molecule has 0 saturated carbocycles. The summed E-state index contributed by atoms with van der Waals surface area (Å²) >= 11 is 1.67. The van der Waals surface area contributed by atoms with Gasteiger partial charge in [-0.05, 0) is 38.1 Å². The van der Waals surface area contributed by atoms with Crippen LogP contribution < -0.4 is 15.5 Å². The van der Waals surface area contributed by atoms with E-state index < -0.39 is 0 Å². The average molecular weight is 561 g/mol. The SMILES string of the molecule is CCNC(=NCc1ccc(N2CCN(CC)CC2)c(F)c1)NCCc1csc(C)n1.I. The molecule has 3 rings (SSSR count). The van der Waals surface area contributed by atoms with Gasteiger partial charge in [0.2, 0.25) is 0 Å². The Morgan fingerprint density at radius 1 is 1.19 bits per heavy atom. The summed E-state index contributed by atoms with van der Waals surface area (Å²) in [6.45, 7) is 13.0. The molecule has 0 unspecified atom stereocenters. The molecule has 0 atom stereocenters. The maximum atomic E-state index is 14.7. The molecule has 1 aromatic carbocycles. The first-order chi connectivity index (χ1) is 14.6. The minimum absolute atomic E-state index is 0. The second-order valence-corrected chi connectivity index (χ2v) is 8.50. The van der Waals surface area contributed by atoms with Gasteiger partial charge < -0.3 is 20.4 Å². The van der Waals surface area contributed by atoms with Crippen LogP contribution in [-0.4, -0.2) is 61.7 Å². The summed E-state index contributed by atoms with van der Waals surface area (Å²) in [5.41, 5.74) is 2.66. The van der Waals surface area contributed by atoms with Crippen molar-refractivity contribution in [2.24, 2.45) is 4.99 Å². The van der Waals surface area contributed by atoms with Crippen LogP contribution >= 0.6 is 35.3 Å². The predicted molar refractivity (Wildman–Crippen MR) is 140 cm³/mol. The molecule has 2 aromatic rings. The molecule has 0 bridgehead atoms. The normalized spacial score (nSPS) is 15.0. The maximum Gasteiger partial charge on any atom is 0.191 e. The monoisotopic (exact) mass is 560 g/mol. The number of likely N-dealkylation sites (N-methyl/N-ethyl adjacent to an activating group) is 1. The molecule has 6 nitrogen and oxygen atoms in total. The van der Waals surface area contributed by atoms with Crippen molar-refractivity contribution in [1.82, 2.24) is 20.5 Å². The van der Waals surface area contributed by atoms with Crippen molar-refractivity contribution >= 4 is 47.0 Å². The molecule has 2 heterocycles. The molecule has 1 aromatic heterocycles. The van der Waals surface area contributed by atoms with E-state index in [2.05, 4.69) is 42.7 Å². The Kier molecular flexibility index (Phi) is 11.0. The van der Waals surface area contributed by atoms with E-state index >= 15 is 0 Å². The Balaban J connectivity index is 0.00000341. The van der Waals surface area contributed by atoms with Crippen molar-refractivity contribution in [3.63, 3.8) is 0 Å². The van der Waals surface area contributed by atoms with E-state index in [-0.39, 0.29) is 29.8 Å². The Labute approximate surface area is 206 Å². The Hall–Kier alpha value is -1.46. The lowest BCUT2D eigenvalue weighted by atomic mass is 10.1. The highest BCUT2D eigenvalue weighted by atomic mass is 127. The largest absolute Gasteiger partial charge is 0.367 e. The van der Waals surface area contributed by atoms with Crippen molar-refractivity contribution in [2.45, 2.75) is 33.7 Å². The van der Waals surface area contributed by atoms with E-state index in [1.807, 2.05) is 26.0 Å². The molecule has 1 aliphatic rings. The molecule has 172 valence electrons. The Morgan fingerprint density at radius 3 is 2.58 bits per heavy atom. The molecule has 0 amide bonds. The summed E-state index contributed by atoms with van der Waals surface area (Å²) in [5.74, 6) is 0.578. The van der Waals surface area contributed by atoms with Crippen LogP contribution in [0.3, 0.4) is 0 Å². The Morgan fingerprint density at radius 2 is 1.97 bits per heavy atom. The fraction of sp³-hybridized carbons (Fsp3) is 0.545. The van der Waals surface area contributed by atoms with Gasteiger partial charge in [0.05, 0.1) is 22.9 Å². The van der Waals surface area contributed by atoms with Gasteiger partial charge in [-0.2, -0.15) is 0 Å². The van der Waals surface area contributed by atoms with Crippen molar-refractivity contribution < 1.29 is 4.39 Å². The van der Waals surface area contributed by atoms with E-state index in [9.17, 15) is 4.39 Å². The summed E-state index contributed by atoms with van der Waals surface area (Å²) < 4.78 is 14.7. The van der Waals surface area contributed by atoms with Gasteiger partial charge in [0.1, 0.15) is 5.82 Å². The number of nitrogens with zero attached hydrogens (tertiary/aromatic N) is 4. The smallest absolute Gasteiger partial charge is 0.191 e. The first-order valence-corrected chi connectivity index (χ1v) is 11.7. The maximum absolute atomic E-state index is 14.7. The second-order valence-electron chi connectivity index (χ2n) is 7.44. The number of nitrogens with one attached hydrogen (secondary N) is 2. The zero-order valence-corrected chi connectivity index (χ0v) is 21.8. The van der Waals surface area contributed by atoms with Crippen LogP contribution in [0, 0.1) is 12.7 Å². The van der Waals surface area contributed by atoms with Crippen LogP contribution in [0.1, 0.15) is 30.1 Å². The summed E-state index contributed by atoms with van der Waals surface area (Å²) in [6, 6.07) is 5.50. The van der Waals surface area contributed by atoms with Gasteiger partial charge in [-0.1, -0.05) is 13.0 Å². The van der Waals surface area contributed by atoms with Gasteiger partial charge in [0, 0.05) is 51.1 Å². The number of benzene rings is 1. The molecular formula is C22H34FIN6S. The van der Waals surface area contributed by atoms with E-state index in [1.54, 1.807) is 17.4 Å². The van der Waals surface area contributed by atoms with Gasteiger partial charge in [-0.15, -0.1) is 35.3 Å². The zero-order chi connectivity index (χ0) is 21.3. The van der Waals surface area contributed by atoms with Gasteiger partial charge in [-0.25, -0.2) is 14.4 Å². The molecule has 2 N–H and O–H groups in total. The van der Waals surface area contributed by atoms with Gasteiger partial charge >= 0.3 is 0 Å². The number of piperazine rings is 1. The summed E-state index contributed by atoms with van der Waals surface area (Å²) in [7, 11) is 0. The van der Waals surface area contributed by atoms with Crippen molar-refractivity contribution in [2.75, 3.05) is 50.7 Å². The van der Waals surface area contributed by atoms with Crippen LogP contribution in [0.25, 0.3) is 0 Å². The third-order valence-corrected chi connectivity index (χ3v) is 6.10. The number of hydrogen-bond donors (Lipinski definition) is 2. The van der Waals surface area contributed by atoms with Crippen LogP contribution in [0.2, 0.25) is 0 Å². The van der Waals surface area contributed by atoms with Gasteiger partial charge in [-0.3, -0.25) is 0 Å². The molecule has 1 aliphatic heterocycles. The van der Waals surface area contributed by atoms with Crippen molar-refractivity contribution in [3.05, 3.63) is 45.7 Å². The highest BCUT2D eigenvalue weighted by molar-refractivity contribution is 14.0. The van der Waals surface area contributed by atoms with Crippen LogP contribution in [-0.2, 0) is 13.0 Å². The minimum Gasteiger partial charge on any atom is -0.367 e. The molecule has 1 saturated heterocycles. The number of guanidine groups is 1. The van der Waals surface area contributed by atoms with Gasteiger partial charge in [0.25, 0.3) is 0 Å². The first kappa shape index (κ1) is 25.8. The van der Waals surface area contributed by atoms with Crippen LogP contribution in [0.15, 0.2) is 28.6 Å². The lowest BCUT2D eigenvalue weighted by Crippen LogP contribution is -2.46. The molecule has 0 aliphatic carbocycles. The van der Waals surface area contributed by atoms with Crippen molar-refractivity contribution in [1.29, 1.82) is 0 Å². The average Bonchev–Trinajstić information content (AvgIpc) is 3.17. The molecule has 9 heteroatoms. The van der Waals surface area contributed by atoms with E-state index in [4.69, 9.17) is 0 Å². The first-order valence-electron chi connectivity index (χ1n) is 10.8. The van der Waals surface area contributed by atoms with Gasteiger partial charge in [0.15, 0.2) is 5.96 Å². The minimum atomic E-state index is -0.162. The molecule has 1 fully saturated rings. The number of hydrogen-bond acceptors (Lipinski definition) is 5. The van der Waals surface area contributed by atoms with Crippen LogP contribution in [0.5, 0.6) is 0 Å². The fourth-order valence-electron chi connectivity index (χ4n) is 3.55. The number of halogens is 2. The quantitative estimate of drug-likeness (QED) is 0.294. The van der Waals surface area contributed by atoms with E-state index in [0.717, 1.165) is 74.5 Å². The lowest BCUT2D eigenvalue weighted by Gasteiger charge is -2.35. The number of aromatic nitrogens is 1. The molecule has 31 heavy (non-hydrogen) atoms. The zero-order valence-electron chi connectivity index (χ0n) is 18.7.